The highest BCUT2D eigenvalue weighted by atomic mass is 32.2. The van der Waals surface area contributed by atoms with E-state index in [2.05, 4.69) is 18.8 Å². The Bertz CT molecular complexity index is 435. The van der Waals surface area contributed by atoms with Gasteiger partial charge in [0.25, 0.3) is 0 Å². The zero-order valence-electron chi connectivity index (χ0n) is 8.90. The summed E-state index contributed by atoms with van der Waals surface area (Å²) in [7, 11) is -3.19. The van der Waals surface area contributed by atoms with Gasteiger partial charge in [0, 0.05) is 12.5 Å². The summed E-state index contributed by atoms with van der Waals surface area (Å²) in [6.07, 6.45) is 2.81. The van der Waals surface area contributed by atoms with Crippen LogP contribution in [0.3, 0.4) is 0 Å². The lowest BCUT2D eigenvalue weighted by Crippen LogP contribution is -2.04. The van der Waals surface area contributed by atoms with Crippen molar-refractivity contribution in [1.82, 2.24) is 4.98 Å². The molecular formula is C10H15NO2S. The summed E-state index contributed by atoms with van der Waals surface area (Å²) in [5, 5.41) is 0.182. The van der Waals surface area contributed by atoms with Crippen LogP contribution in [-0.4, -0.2) is 19.7 Å². The Morgan fingerprint density at radius 1 is 1.36 bits per heavy atom. The summed E-state index contributed by atoms with van der Waals surface area (Å²) in [6.45, 7) is 5.88. The van der Waals surface area contributed by atoms with Crippen LogP contribution >= 0.6 is 0 Å². The van der Waals surface area contributed by atoms with Gasteiger partial charge in [0.2, 0.25) is 0 Å². The van der Waals surface area contributed by atoms with Gasteiger partial charge in [-0.2, -0.15) is 0 Å². The first-order valence-corrected chi connectivity index (χ1v) is 6.38. The second-order valence-corrected chi connectivity index (χ2v) is 5.75. The van der Waals surface area contributed by atoms with Crippen molar-refractivity contribution in [3.05, 3.63) is 23.4 Å². The first-order chi connectivity index (χ1) is 6.32. The zero-order chi connectivity index (χ0) is 10.9. The van der Waals surface area contributed by atoms with E-state index in [1.165, 1.54) is 6.26 Å². The van der Waals surface area contributed by atoms with Crippen molar-refractivity contribution in [2.45, 2.75) is 31.7 Å². The van der Waals surface area contributed by atoms with Gasteiger partial charge < -0.3 is 0 Å². The summed E-state index contributed by atoms with van der Waals surface area (Å²) in [6, 6.07) is 1.88. The highest BCUT2D eigenvalue weighted by molar-refractivity contribution is 7.90. The van der Waals surface area contributed by atoms with Gasteiger partial charge in [-0.1, -0.05) is 19.9 Å². The predicted octanol–water partition coefficient (Wildman–Crippen LogP) is 1.92. The molecule has 0 aromatic carbocycles. The number of hydrogen-bond donors (Lipinski definition) is 0. The Morgan fingerprint density at radius 3 is 2.29 bits per heavy atom. The van der Waals surface area contributed by atoms with Gasteiger partial charge in [-0.15, -0.1) is 0 Å². The summed E-state index contributed by atoms with van der Waals surface area (Å²) >= 11 is 0. The molecule has 1 aromatic rings. The van der Waals surface area contributed by atoms with Crippen LogP contribution < -0.4 is 0 Å². The van der Waals surface area contributed by atoms with Crippen molar-refractivity contribution in [2.75, 3.05) is 6.26 Å². The topological polar surface area (TPSA) is 47.0 Å². The summed E-state index contributed by atoms with van der Waals surface area (Å²) in [5.74, 6) is 0.370. The number of nitrogens with zero attached hydrogens (tertiary/aromatic N) is 1. The molecule has 0 atom stereocenters. The third kappa shape index (κ3) is 2.32. The van der Waals surface area contributed by atoms with Crippen LogP contribution in [0.4, 0.5) is 0 Å². The molecule has 3 nitrogen and oxygen atoms in total. The lowest BCUT2D eigenvalue weighted by molar-refractivity contribution is 0.597. The zero-order valence-corrected chi connectivity index (χ0v) is 9.72. The van der Waals surface area contributed by atoms with Crippen LogP contribution in [0.15, 0.2) is 17.3 Å². The fourth-order valence-electron chi connectivity index (χ4n) is 1.29. The van der Waals surface area contributed by atoms with Crippen molar-refractivity contribution < 1.29 is 8.42 Å². The van der Waals surface area contributed by atoms with Crippen molar-refractivity contribution in [3.8, 4) is 0 Å². The second kappa shape index (κ2) is 3.69. The van der Waals surface area contributed by atoms with E-state index in [9.17, 15) is 8.42 Å². The summed E-state index contributed by atoms with van der Waals surface area (Å²) < 4.78 is 22.5. The van der Waals surface area contributed by atoms with E-state index in [-0.39, 0.29) is 5.03 Å². The standard InChI is InChI=1S/C10H15NO2S/c1-7(2)9-5-8(3)10(11-6-9)14(4,12)13/h5-7H,1-4H3. The fraction of sp³-hybridized carbons (Fsp3) is 0.500. The molecule has 0 saturated heterocycles. The average molecular weight is 213 g/mol. The number of pyridine rings is 1. The molecule has 1 heterocycles. The molecule has 0 amide bonds. The average Bonchev–Trinajstić information content (AvgIpc) is 2.01. The van der Waals surface area contributed by atoms with Gasteiger partial charge in [0.05, 0.1) is 0 Å². The molecule has 0 bridgehead atoms. The van der Waals surface area contributed by atoms with Crippen LogP contribution in [0.1, 0.15) is 30.9 Å². The van der Waals surface area contributed by atoms with Crippen molar-refractivity contribution in [1.29, 1.82) is 0 Å². The highest BCUT2D eigenvalue weighted by Gasteiger charge is 2.13. The van der Waals surface area contributed by atoms with Gasteiger partial charge in [0.1, 0.15) is 0 Å². The molecule has 78 valence electrons. The molecule has 0 unspecified atom stereocenters. The molecule has 1 rings (SSSR count). The Balaban J connectivity index is 3.28. The highest BCUT2D eigenvalue weighted by Crippen LogP contribution is 2.18. The van der Waals surface area contributed by atoms with Gasteiger partial charge in [-0.3, -0.25) is 0 Å². The van der Waals surface area contributed by atoms with Crippen LogP contribution in [-0.2, 0) is 9.84 Å². The van der Waals surface area contributed by atoms with Gasteiger partial charge >= 0.3 is 0 Å². The third-order valence-corrected chi connectivity index (χ3v) is 3.20. The minimum absolute atomic E-state index is 0.182. The van der Waals surface area contributed by atoms with E-state index in [1.54, 1.807) is 13.1 Å². The lowest BCUT2D eigenvalue weighted by Gasteiger charge is -2.08. The summed E-state index contributed by atoms with van der Waals surface area (Å²) in [4.78, 5) is 3.98. The normalized spacial score (nSPS) is 12.1. The molecule has 1 aromatic heterocycles. The Kier molecular flexibility index (Phi) is 2.95. The van der Waals surface area contributed by atoms with Crippen molar-refractivity contribution in [2.24, 2.45) is 0 Å². The Hall–Kier alpha value is -0.900. The van der Waals surface area contributed by atoms with E-state index in [0.717, 1.165) is 11.1 Å². The van der Waals surface area contributed by atoms with E-state index in [4.69, 9.17) is 0 Å². The first kappa shape index (κ1) is 11.2. The molecule has 4 heteroatoms. The first-order valence-electron chi connectivity index (χ1n) is 4.49. The minimum atomic E-state index is -3.19. The van der Waals surface area contributed by atoms with Crippen molar-refractivity contribution >= 4 is 9.84 Å². The SMILES string of the molecule is Cc1cc(C(C)C)cnc1S(C)(=O)=O. The molecular weight excluding hydrogens is 198 g/mol. The monoisotopic (exact) mass is 213 g/mol. The Labute approximate surface area is 85.1 Å². The van der Waals surface area contributed by atoms with Gasteiger partial charge in [-0.25, -0.2) is 13.4 Å². The number of hydrogen-bond acceptors (Lipinski definition) is 3. The molecule has 0 aliphatic carbocycles. The minimum Gasteiger partial charge on any atom is -0.244 e. The predicted molar refractivity (Wildman–Crippen MR) is 56.2 cm³/mol. The number of aryl methyl sites for hydroxylation is 1. The molecule has 0 aliphatic rings. The largest absolute Gasteiger partial charge is 0.244 e. The maximum absolute atomic E-state index is 11.3. The van der Waals surface area contributed by atoms with Crippen LogP contribution in [0.5, 0.6) is 0 Å². The molecule has 0 fully saturated rings. The number of sulfone groups is 1. The van der Waals surface area contributed by atoms with Crippen molar-refractivity contribution in [3.63, 3.8) is 0 Å². The second-order valence-electron chi connectivity index (χ2n) is 3.82. The summed E-state index contributed by atoms with van der Waals surface area (Å²) in [5.41, 5.74) is 1.79. The number of aromatic nitrogens is 1. The molecule has 0 N–H and O–H groups in total. The molecule has 0 saturated carbocycles. The lowest BCUT2D eigenvalue weighted by atomic mass is 10.0. The van der Waals surface area contributed by atoms with Crippen LogP contribution in [0.25, 0.3) is 0 Å². The third-order valence-electron chi connectivity index (χ3n) is 2.07. The van der Waals surface area contributed by atoms with E-state index < -0.39 is 9.84 Å². The quantitative estimate of drug-likeness (QED) is 0.754. The van der Waals surface area contributed by atoms with Gasteiger partial charge in [-0.05, 0) is 24.0 Å². The molecule has 0 spiro atoms. The maximum Gasteiger partial charge on any atom is 0.193 e. The smallest absolute Gasteiger partial charge is 0.193 e. The van der Waals surface area contributed by atoms with Crippen LogP contribution in [0, 0.1) is 6.92 Å². The molecule has 0 aliphatic heterocycles. The molecule has 0 radical (unpaired) electrons. The van der Waals surface area contributed by atoms with E-state index >= 15 is 0 Å². The number of rotatable bonds is 2. The maximum atomic E-state index is 11.3. The Morgan fingerprint density at radius 2 is 1.93 bits per heavy atom. The molecule has 14 heavy (non-hydrogen) atoms. The fourth-order valence-corrected chi connectivity index (χ4v) is 2.18. The van der Waals surface area contributed by atoms with Gasteiger partial charge in [0.15, 0.2) is 14.9 Å². The van der Waals surface area contributed by atoms with Crippen LogP contribution in [0.2, 0.25) is 0 Å². The van der Waals surface area contributed by atoms with E-state index in [1.807, 2.05) is 6.07 Å². The van der Waals surface area contributed by atoms with E-state index in [0.29, 0.717) is 5.92 Å².